The summed E-state index contributed by atoms with van der Waals surface area (Å²) in [6.45, 7) is 0. The standard InChI is InChI=1S/C26H25N3O7/c30-17-11-20(29-12-16(13-9-10-13)23(31)28-26(29)34)36-22(17)25(33)27-24(32)21-14-5-1-3-7-18(14)35-19-8-4-2-6-15(19)21/h1-8,12-13,17,20-22,25,30,33H,9-11H2,(H,27,32)(H,28,31,34)/t17-,20+,22-,25?/m0/s1. The maximum atomic E-state index is 13.4. The lowest BCUT2D eigenvalue weighted by Crippen LogP contribution is -2.49. The molecule has 4 atom stereocenters. The van der Waals surface area contributed by atoms with E-state index in [1.165, 1.54) is 10.8 Å². The number of amides is 1. The molecule has 3 aromatic rings. The van der Waals surface area contributed by atoms with E-state index in [2.05, 4.69) is 10.3 Å². The fourth-order valence-electron chi connectivity index (χ4n) is 5.04. The van der Waals surface area contributed by atoms with E-state index in [1.54, 1.807) is 36.4 Å². The average molecular weight is 492 g/mol. The van der Waals surface area contributed by atoms with Gasteiger partial charge in [-0.25, -0.2) is 4.79 Å². The van der Waals surface area contributed by atoms with Gasteiger partial charge in [-0.1, -0.05) is 36.4 Å². The maximum Gasteiger partial charge on any atom is 0.330 e. The number of H-pyrrole nitrogens is 1. The van der Waals surface area contributed by atoms with E-state index in [-0.39, 0.29) is 12.3 Å². The molecule has 6 rings (SSSR count). The summed E-state index contributed by atoms with van der Waals surface area (Å²) in [6.07, 6.45) is -1.53. The van der Waals surface area contributed by atoms with Gasteiger partial charge in [-0.15, -0.1) is 0 Å². The number of benzene rings is 2. The van der Waals surface area contributed by atoms with E-state index < -0.39 is 47.7 Å². The number of hydrogen-bond acceptors (Lipinski definition) is 7. The van der Waals surface area contributed by atoms with Crippen LogP contribution in [-0.4, -0.2) is 44.1 Å². The molecule has 4 N–H and O–H groups in total. The molecule has 10 heteroatoms. The minimum absolute atomic E-state index is 0.0105. The van der Waals surface area contributed by atoms with E-state index >= 15 is 0 Å². The van der Waals surface area contributed by atoms with Crippen molar-refractivity contribution >= 4 is 5.91 Å². The van der Waals surface area contributed by atoms with Gasteiger partial charge in [0.2, 0.25) is 5.91 Å². The van der Waals surface area contributed by atoms with Gasteiger partial charge in [-0.05, 0) is 30.9 Å². The summed E-state index contributed by atoms with van der Waals surface area (Å²) < 4.78 is 13.0. The van der Waals surface area contributed by atoms with Crippen molar-refractivity contribution in [3.05, 3.63) is 92.3 Å². The van der Waals surface area contributed by atoms with Crippen molar-refractivity contribution < 1.29 is 24.5 Å². The third-order valence-corrected chi connectivity index (χ3v) is 7.00. The Morgan fingerprint density at radius 2 is 1.67 bits per heavy atom. The quantitative estimate of drug-likeness (QED) is 0.396. The number of aromatic nitrogens is 2. The highest BCUT2D eigenvalue weighted by molar-refractivity contribution is 5.89. The molecule has 1 saturated heterocycles. The van der Waals surface area contributed by atoms with Gasteiger partial charge in [-0.3, -0.25) is 19.1 Å². The van der Waals surface area contributed by atoms with E-state index in [0.29, 0.717) is 28.2 Å². The van der Waals surface area contributed by atoms with Crippen LogP contribution in [0.1, 0.15) is 54.0 Å². The molecule has 2 aliphatic heterocycles. The molecule has 1 aromatic heterocycles. The summed E-state index contributed by atoms with van der Waals surface area (Å²) in [6, 6.07) is 14.4. The van der Waals surface area contributed by atoms with Crippen LogP contribution in [-0.2, 0) is 9.53 Å². The summed E-state index contributed by atoms with van der Waals surface area (Å²) in [5, 5.41) is 24.0. The van der Waals surface area contributed by atoms with Crippen molar-refractivity contribution in [1.29, 1.82) is 0 Å². The molecule has 1 saturated carbocycles. The van der Waals surface area contributed by atoms with Crippen molar-refractivity contribution in [2.45, 2.75) is 55.8 Å². The van der Waals surface area contributed by atoms with Crippen molar-refractivity contribution in [1.82, 2.24) is 14.9 Å². The predicted octanol–water partition coefficient (Wildman–Crippen LogP) is 1.43. The van der Waals surface area contributed by atoms with Crippen LogP contribution in [0.25, 0.3) is 0 Å². The lowest BCUT2D eigenvalue weighted by molar-refractivity contribution is -0.133. The first-order valence-corrected chi connectivity index (χ1v) is 11.9. The number of aromatic amines is 1. The monoisotopic (exact) mass is 491 g/mol. The maximum absolute atomic E-state index is 13.4. The normalized spacial score (nSPS) is 23.9. The third-order valence-electron chi connectivity index (χ3n) is 7.00. The van der Waals surface area contributed by atoms with Crippen molar-refractivity contribution in [3.8, 4) is 11.5 Å². The smallest absolute Gasteiger partial charge is 0.330 e. The number of fused-ring (bicyclic) bond motifs is 2. The van der Waals surface area contributed by atoms with Gasteiger partial charge in [0.15, 0.2) is 6.23 Å². The van der Waals surface area contributed by atoms with Crippen molar-refractivity contribution in [3.63, 3.8) is 0 Å². The first kappa shape index (κ1) is 22.7. The largest absolute Gasteiger partial charge is 0.457 e. The topological polar surface area (TPSA) is 143 Å². The summed E-state index contributed by atoms with van der Waals surface area (Å²) in [7, 11) is 0. The number of carbonyl (C=O) groups is 1. The molecular weight excluding hydrogens is 466 g/mol. The number of aliphatic hydroxyl groups excluding tert-OH is 2. The molecular formula is C26H25N3O7. The van der Waals surface area contributed by atoms with Gasteiger partial charge in [0.05, 0.1) is 12.0 Å². The van der Waals surface area contributed by atoms with Crippen molar-refractivity contribution in [2.24, 2.45) is 0 Å². The summed E-state index contributed by atoms with van der Waals surface area (Å²) >= 11 is 0. The van der Waals surface area contributed by atoms with E-state index in [1.807, 2.05) is 12.1 Å². The Morgan fingerprint density at radius 1 is 1.03 bits per heavy atom. The fourth-order valence-corrected chi connectivity index (χ4v) is 5.04. The van der Waals surface area contributed by atoms with Crippen LogP contribution in [0.3, 0.4) is 0 Å². The van der Waals surface area contributed by atoms with Crippen LogP contribution in [0, 0.1) is 0 Å². The van der Waals surface area contributed by atoms with Gasteiger partial charge >= 0.3 is 5.69 Å². The Morgan fingerprint density at radius 3 is 2.31 bits per heavy atom. The minimum Gasteiger partial charge on any atom is -0.457 e. The Kier molecular flexibility index (Phi) is 5.51. The number of rotatable bonds is 5. The number of para-hydroxylation sites is 2. The zero-order chi connectivity index (χ0) is 25.0. The second-order valence-corrected chi connectivity index (χ2v) is 9.45. The second-order valence-electron chi connectivity index (χ2n) is 9.45. The molecule has 186 valence electrons. The number of nitrogens with zero attached hydrogens (tertiary/aromatic N) is 1. The number of ether oxygens (including phenoxy) is 2. The van der Waals surface area contributed by atoms with Crippen LogP contribution in [0.15, 0.2) is 64.3 Å². The number of carbonyl (C=O) groups excluding carboxylic acids is 1. The fraction of sp³-hybridized carbons (Fsp3) is 0.346. The Balaban J connectivity index is 1.22. The van der Waals surface area contributed by atoms with Gasteiger partial charge in [-0.2, -0.15) is 0 Å². The molecule has 10 nitrogen and oxygen atoms in total. The first-order valence-electron chi connectivity index (χ1n) is 11.9. The molecule has 2 fully saturated rings. The summed E-state index contributed by atoms with van der Waals surface area (Å²) in [4.78, 5) is 40.3. The Labute approximate surface area is 205 Å². The number of hydrogen-bond donors (Lipinski definition) is 4. The zero-order valence-corrected chi connectivity index (χ0v) is 19.2. The Bertz CT molecular complexity index is 1400. The van der Waals surface area contributed by atoms with Crippen LogP contribution in [0.4, 0.5) is 0 Å². The molecule has 0 bridgehead atoms. The first-order chi connectivity index (χ1) is 17.4. The summed E-state index contributed by atoms with van der Waals surface area (Å²) in [5.41, 5.74) is 0.731. The molecule has 1 unspecified atom stereocenters. The predicted molar refractivity (Wildman–Crippen MR) is 127 cm³/mol. The van der Waals surface area contributed by atoms with Gasteiger partial charge in [0.1, 0.15) is 23.8 Å². The van der Waals surface area contributed by atoms with Crippen molar-refractivity contribution in [2.75, 3.05) is 0 Å². The molecule has 0 spiro atoms. The van der Waals surface area contributed by atoms with E-state index in [0.717, 1.165) is 12.8 Å². The molecule has 1 amide bonds. The Hall–Kier alpha value is -3.73. The average Bonchev–Trinajstić information content (AvgIpc) is 3.63. The van der Waals surface area contributed by atoms with Gasteiger partial charge < -0.3 is 25.0 Å². The summed E-state index contributed by atoms with van der Waals surface area (Å²) in [5.74, 6) is -0.0167. The zero-order valence-electron chi connectivity index (χ0n) is 19.2. The van der Waals surface area contributed by atoms with E-state index in [4.69, 9.17) is 9.47 Å². The number of aliphatic hydroxyl groups is 2. The molecule has 3 heterocycles. The van der Waals surface area contributed by atoms with Gasteiger partial charge in [0.25, 0.3) is 5.56 Å². The van der Waals surface area contributed by atoms with E-state index in [9.17, 15) is 24.6 Å². The van der Waals surface area contributed by atoms with Crippen LogP contribution in [0.2, 0.25) is 0 Å². The second kappa shape index (κ2) is 8.74. The highest BCUT2D eigenvalue weighted by atomic mass is 16.5. The SMILES string of the molecule is O=C(NC(O)[C@H]1O[C@@H](n2cc(C3CC3)c(=O)[nH]c2=O)C[C@@H]1O)C1c2ccccc2Oc2ccccc21. The number of nitrogens with one attached hydrogen (secondary N) is 2. The van der Waals surface area contributed by atoms with Crippen LogP contribution < -0.4 is 21.3 Å². The molecule has 36 heavy (non-hydrogen) atoms. The lowest BCUT2D eigenvalue weighted by Gasteiger charge is -2.29. The lowest BCUT2D eigenvalue weighted by atomic mass is 9.87. The highest BCUT2D eigenvalue weighted by Crippen LogP contribution is 2.44. The third kappa shape index (κ3) is 3.93. The molecule has 3 aliphatic rings. The highest BCUT2D eigenvalue weighted by Gasteiger charge is 2.42. The molecule has 2 aromatic carbocycles. The minimum atomic E-state index is -1.54. The van der Waals surface area contributed by atoms with Crippen LogP contribution in [0.5, 0.6) is 11.5 Å². The molecule has 1 aliphatic carbocycles. The van der Waals surface area contributed by atoms with Crippen LogP contribution >= 0.6 is 0 Å². The van der Waals surface area contributed by atoms with Gasteiger partial charge in [0, 0.05) is 29.3 Å². The molecule has 0 radical (unpaired) electrons.